The quantitative estimate of drug-likeness (QED) is 0.526. The lowest BCUT2D eigenvalue weighted by atomic mass is 9.99. The molecule has 0 atom stereocenters. The molecule has 2 aromatic rings. The minimum absolute atomic E-state index is 0.0232. The summed E-state index contributed by atoms with van der Waals surface area (Å²) >= 11 is 0. The average Bonchev–Trinajstić information content (AvgIpc) is 2.67. The number of nitrogens with one attached hydrogen (secondary N) is 2. The van der Waals surface area contributed by atoms with Crippen LogP contribution in [0.3, 0.4) is 0 Å². The highest BCUT2D eigenvalue weighted by molar-refractivity contribution is 5.99. The maximum Gasteiger partial charge on any atom is 0.306 e. The first-order valence-corrected chi connectivity index (χ1v) is 9.18. The third kappa shape index (κ3) is 7.21. The van der Waals surface area contributed by atoms with Crippen LogP contribution in [0.1, 0.15) is 41.3 Å². The smallest absolute Gasteiger partial charge is 0.306 e. The first-order chi connectivity index (χ1) is 13.7. The Kier molecular flexibility index (Phi) is 7.65. The van der Waals surface area contributed by atoms with E-state index < -0.39 is 18.5 Å². The summed E-state index contributed by atoms with van der Waals surface area (Å²) in [7, 11) is 0. The molecule has 0 saturated heterocycles. The Hall–Kier alpha value is -3.48. The van der Waals surface area contributed by atoms with E-state index in [0.717, 1.165) is 11.1 Å². The molecule has 0 radical (unpaired) electrons. The first-order valence-electron chi connectivity index (χ1n) is 9.18. The summed E-state index contributed by atoms with van der Waals surface area (Å²) in [4.78, 5) is 47.0. The van der Waals surface area contributed by atoms with Crippen molar-refractivity contribution >= 4 is 34.9 Å². The average molecular weight is 396 g/mol. The van der Waals surface area contributed by atoms with Gasteiger partial charge in [-0.05, 0) is 49.7 Å². The van der Waals surface area contributed by atoms with E-state index in [9.17, 15) is 19.2 Å². The summed E-state index contributed by atoms with van der Waals surface area (Å²) in [5, 5.41) is 5.20. The Morgan fingerprint density at radius 2 is 1.48 bits per heavy atom. The van der Waals surface area contributed by atoms with Gasteiger partial charge in [-0.25, -0.2) is 0 Å². The highest BCUT2D eigenvalue weighted by atomic mass is 16.5. The largest absolute Gasteiger partial charge is 0.456 e. The van der Waals surface area contributed by atoms with Crippen LogP contribution in [0.4, 0.5) is 11.4 Å². The monoisotopic (exact) mass is 396 g/mol. The lowest BCUT2D eigenvalue weighted by Crippen LogP contribution is -2.21. The van der Waals surface area contributed by atoms with Crippen LogP contribution in [0.15, 0.2) is 42.5 Å². The van der Waals surface area contributed by atoms with Gasteiger partial charge >= 0.3 is 5.97 Å². The first kappa shape index (κ1) is 21.8. The normalized spacial score (nSPS) is 10.2. The van der Waals surface area contributed by atoms with Crippen LogP contribution in [0.2, 0.25) is 0 Å². The molecule has 2 aromatic carbocycles. The predicted molar refractivity (Wildman–Crippen MR) is 110 cm³/mol. The Morgan fingerprint density at radius 3 is 2.10 bits per heavy atom. The van der Waals surface area contributed by atoms with Crippen molar-refractivity contribution in [3.05, 3.63) is 59.2 Å². The molecule has 0 aliphatic rings. The van der Waals surface area contributed by atoms with Crippen LogP contribution in [0.5, 0.6) is 0 Å². The number of aryl methyl sites for hydroxylation is 2. The fourth-order valence-electron chi connectivity index (χ4n) is 2.64. The van der Waals surface area contributed by atoms with Crippen LogP contribution in [0.25, 0.3) is 0 Å². The minimum atomic E-state index is -0.611. The minimum Gasteiger partial charge on any atom is -0.456 e. The fraction of sp³-hybridized carbons (Fsp3) is 0.273. The number of Topliss-reactive ketones (excluding diaryl/α,β-unsaturated/α-hetero) is 1. The number of anilines is 2. The van der Waals surface area contributed by atoms with Crippen molar-refractivity contribution in [2.75, 3.05) is 17.2 Å². The van der Waals surface area contributed by atoms with Gasteiger partial charge in [0.2, 0.25) is 5.91 Å². The Morgan fingerprint density at radius 1 is 0.862 bits per heavy atom. The number of esters is 1. The van der Waals surface area contributed by atoms with Crippen molar-refractivity contribution in [2.24, 2.45) is 0 Å². The van der Waals surface area contributed by atoms with E-state index in [1.807, 2.05) is 26.0 Å². The van der Waals surface area contributed by atoms with E-state index in [1.54, 1.807) is 30.3 Å². The third-order valence-electron chi connectivity index (χ3n) is 4.10. The third-order valence-corrected chi connectivity index (χ3v) is 4.10. The van der Waals surface area contributed by atoms with E-state index in [0.29, 0.717) is 16.9 Å². The van der Waals surface area contributed by atoms with Crippen LogP contribution in [-0.2, 0) is 19.1 Å². The van der Waals surface area contributed by atoms with Gasteiger partial charge in [0, 0.05) is 30.3 Å². The van der Waals surface area contributed by atoms with Crippen LogP contribution in [0, 0.1) is 13.8 Å². The number of rotatable bonds is 8. The molecule has 2 rings (SSSR count). The Bertz CT molecular complexity index is 919. The van der Waals surface area contributed by atoms with Gasteiger partial charge < -0.3 is 15.4 Å². The zero-order valence-corrected chi connectivity index (χ0v) is 16.7. The maximum atomic E-state index is 12.3. The molecular formula is C22H24N2O5. The molecule has 0 aliphatic carbocycles. The molecule has 7 nitrogen and oxygen atoms in total. The fourth-order valence-corrected chi connectivity index (χ4v) is 2.64. The van der Waals surface area contributed by atoms with Gasteiger partial charge in [-0.2, -0.15) is 0 Å². The highest BCUT2D eigenvalue weighted by Crippen LogP contribution is 2.15. The molecule has 152 valence electrons. The molecule has 0 aliphatic heterocycles. The summed E-state index contributed by atoms with van der Waals surface area (Å²) < 4.78 is 4.93. The van der Waals surface area contributed by atoms with Gasteiger partial charge in [0.1, 0.15) is 0 Å². The Balaban J connectivity index is 1.75. The van der Waals surface area contributed by atoms with E-state index in [4.69, 9.17) is 4.74 Å². The van der Waals surface area contributed by atoms with Gasteiger partial charge in [0.25, 0.3) is 5.91 Å². The molecule has 0 aromatic heterocycles. The second-order valence-electron chi connectivity index (χ2n) is 6.71. The van der Waals surface area contributed by atoms with Gasteiger partial charge in [0.05, 0.1) is 6.42 Å². The molecular weight excluding hydrogens is 372 g/mol. The standard InChI is InChI=1S/C22H24N2O5/c1-14-4-5-15(2)19(12-14)20(26)10-11-22(28)29-13-21(27)24-18-8-6-17(7-9-18)23-16(3)25/h4-9,12H,10-11,13H2,1-3H3,(H,23,25)(H,24,27). The summed E-state index contributed by atoms with van der Waals surface area (Å²) in [6.45, 7) is 4.71. The highest BCUT2D eigenvalue weighted by Gasteiger charge is 2.14. The van der Waals surface area contributed by atoms with E-state index in [1.165, 1.54) is 6.92 Å². The number of amides is 2. The maximum absolute atomic E-state index is 12.3. The molecule has 0 saturated carbocycles. The number of hydrogen-bond acceptors (Lipinski definition) is 5. The van der Waals surface area contributed by atoms with Crippen molar-refractivity contribution < 1.29 is 23.9 Å². The molecule has 0 unspecified atom stereocenters. The van der Waals surface area contributed by atoms with Gasteiger partial charge in [-0.15, -0.1) is 0 Å². The van der Waals surface area contributed by atoms with Crippen molar-refractivity contribution in [1.82, 2.24) is 0 Å². The van der Waals surface area contributed by atoms with Gasteiger partial charge in [0.15, 0.2) is 12.4 Å². The molecule has 0 fully saturated rings. The van der Waals surface area contributed by atoms with Crippen molar-refractivity contribution in [3.8, 4) is 0 Å². The summed E-state index contributed by atoms with van der Waals surface area (Å²) in [5.41, 5.74) is 3.54. The SMILES string of the molecule is CC(=O)Nc1ccc(NC(=O)COC(=O)CCC(=O)c2cc(C)ccc2C)cc1. The van der Waals surface area contributed by atoms with Gasteiger partial charge in [-0.1, -0.05) is 17.7 Å². The topological polar surface area (TPSA) is 102 Å². The van der Waals surface area contributed by atoms with Crippen molar-refractivity contribution in [2.45, 2.75) is 33.6 Å². The molecule has 0 heterocycles. The summed E-state index contributed by atoms with van der Waals surface area (Å²) in [6.07, 6.45) is -0.0692. The van der Waals surface area contributed by atoms with Crippen molar-refractivity contribution in [1.29, 1.82) is 0 Å². The predicted octanol–water partition coefficient (Wildman–Crippen LogP) is 3.41. The van der Waals surface area contributed by atoms with E-state index >= 15 is 0 Å². The lowest BCUT2D eigenvalue weighted by Gasteiger charge is -2.08. The van der Waals surface area contributed by atoms with Crippen molar-refractivity contribution in [3.63, 3.8) is 0 Å². The zero-order valence-electron chi connectivity index (χ0n) is 16.7. The number of hydrogen-bond donors (Lipinski definition) is 2. The molecule has 29 heavy (non-hydrogen) atoms. The lowest BCUT2D eigenvalue weighted by molar-refractivity contribution is -0.147. The molecule has 2 N–H and O–H groups in total. The van der Waals surface area contributed by atoms with E-state index in [-0.39, 0.29) is 24.5 Å². The molecule has 0 spiro atoms. The molecule has 7 heteroatoms. The van der Waals surface area contributed by atoms with Gasteiger partial charge in [-0.3, -0.25) is 19.2 Å². The molecule has 0 bridgehead atoms. The van der Waals surface area contributed by atoms with E-state index in [2.05, 4.69) is 10.6 Å². The summed E-state index contributed by atoms with van der Waals surface area (Å²) in [6, 6.07) is 12.1. The number of carbonyl (C=O) groups is 4. The number of benzene rings is 2. The number of ether oxygens (including phenoxy) is 1. The van der Waals surface area contributed by atoms with Crippen LogP contribution >= 0.6 is 0 Å². The Labute approximate surface area is 169 Å². The second-order valence-corrected chi connectivity index (χ2v) is 6.71. The zero-order chi connectivity index (χ0) is 21.4. The van der Waals surface area contributed by atoms with Crippen LogP contribution in [-0.4, -0.2) is 30.2 Å². The summed E-state index contributed by atoms with van der Waals surface area (Å²) in [5.74, 6) is -1.43. The van der Waals surface area contributed by atoms with Crippen LogP contribution < -0.4 is 10.6 Å². The number of carbonyl (C=O) groups excluding carboxylic acids is 4. The number of ketones is 1. The molecule has 2 amide bonds. The second kappa shape index (κ2) is 10.2.